The number of rotatable bonds is 6. The number of nitriles is 1. The molecule has 0 spiro atoms. The van der Waals surface area contributed by atoms with Crippen molar-refractivity contribution in [1.82, 2.24) is 0 Å². The molecule has 148 valence electrons. The molecule has 0 aromatic heterocycles. The number of nitrogens with two attached hydrogens (primary N) is 1. The summed E-state index contributed by atoms with van der Waals surface area (Å²) in [7, 11) is 0. The number of amides is 1. The van der Waals surface area contributed by atoms with Crippen LogP contribution < -0.4 is 16.0 Å². The van der Waals surface area contributed by atoms with Crippen molar-refractivity contribution in [1.29, 1.82) is 5.26 Å². The molecule has 0 radical (unpaired) electrons. The zero-order valence-electron chi connectivity index (χ0n) is 15.8. The number of nitrogens with one attached hydrogen (secondary N) is 1. The van der Waals surface area contributed by atoms with Gasteiger partial charge in [-0.15, -0.1) is 0 Å². The van der Waals surface area contributed by atoms with Gasteiger partial charge in [0.2, 0.25) is 0 Å². The maximum atomic E-state index is 12.6. The van der Waals surface area contributed by atoms with E-state index >= 15 is 0 Å². The normalized spacial score (nSPS) is 10.7. The summed E-state index contributed by atoms with van der Waals surface area (Å²) in [6, 6.07) is 23.9. The smallest absolute Gasteiger partial charge is 0.335 e. The molecule has 3 rings (SSSR count). The average Bonchev–Trinajstić information content (AvgIpc) is 2.76. The van der Waals surface area contributed by atoms with E-state index in [1.165, 1.54) is 30.5 Å². The summed E-state index contributed by atoms with van der Waals surface area (Å²) >= 11 is 0. The zero-order valence-corrected chi connectivity index (χ0v) is 15.8. The molecule has 0 heterocycles. The van der Waals surface area contributed by atoms with Crippen molar-refractivity contribution in [2.24, 2.45) is 0 Å². The van der Waals surface area contributed by atoms with Gasteiger partial charge in [-0.1, -0.05) is 18.2 Å². The van der Waals surface area contributed by atoms with Gasteiger partial charge in [0.15, 0.2) is 0 Å². The van der Waals surface area contributed by atoms with Crippen molar-refractivity contribution < 1.29 is 14.7 Å². The molecule has 0 atom stereocenters. The van der Waals surface area contributed by atoms with Gasteiger partial charge in [-0.25, -0.2) is 4.79 Å². The molecule has 4 N–H and O–H groups in total. The first kappa shape index (κ1) is 20.2. The third-order valence-corrected chi connectivity index (χ3v) is 4.22. The van der Waals surface area contributed by atoms with Gasteiger partial charge in [0.05, 0.1) is 5.56 Å². The number of para-hydroxylation sites is 1. The Morgan fingerprint density at radius 2 is 1.53 bits per heavy atom. The number of carbonyl (C=O) groups excluding carboxylic acids is 1. The highest BCUT2D eigenvalue weighted by atomic mass is 16.4. The van der Waals surface area contributed by atoms with Gasteiger partial charge in [-0.05, 0) is 60.7 Å². The minimum atomic E-state index is -1.06. The summed E-state index contributed by atoms with van der Waals surface area (Å²) in [5.41, 5.74) is 8.20. The van der Waals surface area contributed by atoms with Crippen LogP contribution in [0.4, 0.5) is 22.7 Å². The summed E-state index contributed by atoms with van der Waals surface area (Å²) in [5, 5.41) is 21.1. The van der Waals surface area contributed by atoms with Crippen molar-refractivity contribution in [2.75, 3.05) is 16.0 Å². The van der Waals surface area contributed by atoms with Gasteiger partial charge in [0.25, 0.3) is 5.91 Å². The Balaban J connectivity index is 1.91. The molecule has 7 nitrogen and oxygen atoms in total. The third-order valence-electron chi connectivity index (χ3n) is 4.22. The van der Waals surface area contributed by atoms with E-state index in [9.17, 15) is 14.9 Å². The molecule has 0 aliphatic carbocycles. The Bertz CT molecular complexity index is 1120. The zero-order chi connectivity index (χ0) is 21.5. The second kappa shape index (κ2) is 9.08. The molecule has 0 aliphatic rings. The second-order valence-electron chi connectivity index (χ2n) is 6.29. The summed E-state index contributed by atoms with van der Waals surface area (Å²) < 4.78 is 0. The number of nitrogen functional groups attached to an aromatic ring is 1. The summed E-state index contributed by atoms with van der Waals surface area (Å²) in [5.74, 6) is -1.68. The topological polar surface area (TPSA) is 119 Å². The van der Waals surface area contributed by atoms with Gasteiger partial charge in [0.1, 0.15) is 11.6 Å². The maximum Gasteiger partial charge on any atom is 0.335 e. The molecule has 0 saturated heterocycles. The lowest BCUT2D eigenvalue weighted by Crippen LogP contribution is -2.18. The van der Waals surface area contributed by atoms with Crippen molar-refractivity contribution >= 4 is 34.6 Å². The molecule has 30 heavy (non-hydrogen) atoms. The van der Waals surface area contributed by atoms with Crippen LogP contribution >= 0.6 is 0 Å². The van der Waals surface area contributed by atoms with E-state index < -0.39 is 11.9 Å². The van der Waals surface area contributed by atoms with Crippen LogP contribution in [0.25, 0.3) is 0 Å². The number of carboxylic acids is 1. The van der Waals surface area contributed by atoms with Crippen molar-refractivity contribution in [2.45, 2.75) is 0 Å². The highest BCUT2D eigenvalue weighted by Crippen LogP contribution is 2.27. The van der Waals surface area contributed by atoms with E-state index in [0.29, 0.717) is 11.4 Å². The van der Waals surface area contributed by atoms with Gasteiger partial charge in [-0.3, -0.25) is 4.79 Å². The molecule has 7 heteroatoms. The fourth-order valence-corrected chi connectivity index (χ4v) is 2.68. The van der Waals surface area contributed by atoms with E-state index in [0.717, 1.165) is 11.4 Å². The van der Waals surface area contributed by atoms with E-state index in [2.05, 4.69) is 5.32 Å². The number of nitrogens with zero attached hydrogens (tertiary/aromatic N) is 2. The molecule has 0 aliphatic heterocycles. The number of benzene rings is 3. The average molecular weight is 398 g/mol. The first-order valence-electron chi connectivity index (χ1n) is 8.94. The van der Waals surface area contributed by atoms with E-state index in [1.54, 1.807) is 29.2 Å². The minimum Gasteiger partial charge on any atom is -0.478 e. The van der Waals surface area contributed by atoms with Crippen molar-refractivity contribution in [3.8, 4) is 6.07 Å². The summed E-state index contributed by atoms with van der Waals surface area (Å²) in [6.45, 7) is 0. The third kappa shape index (κ3) is 4.82. The van der Waals surface area contributed by atoms with E-state index in [4.69, 9.17) is 10.8 Å². The van der Waals surface area contributed by atoms with Crippen molar-refractivity contribution in [3.05, 3.63) is 96.2 Å². The lowest BCUT2D eigenvalue weighted by molar-refractivity contribution is -0.112. The first-order valence-corrected chi connectivity index (χ1v) is 8.94. The van der Waals surface area contributed by atoms with Crippen LogP contribution in [0.15, 0.2) is 90.6 Å². The fourth-order valence-electron chi connectivity index (χ4n) is 2.68. The maximum absolute atomic E-state index is 12.6. The molecule has 0 bridgehead atoms. The Kier molecular flexibility index (Phi) is 6.11. The SMILES string of the molecule is N#C/C(=C/N(c1ccccc1)c1ccc(N)cc1)C(=O)Nc1ccc(C(=O)O)cc1. The Labute approximate surface area is 173 Å². The fraction of sp³-hybridized carbons (Fsp3) is 0. The van der Waals surface area contributed by atoms with Crippen LogP contribution in [0.5, 0.6) is 0 Å². The standard InChI is InChI=1S/C23H18N4O3/c24-14-17(22(28)26-19-10-6-16(7-11-19)23(29)30)15-27(20-4-2-1-3-5-20)21-12-8-18(25)9-13-21/h1-13,15H,25H2,(H,26,28)(H,29,30)/b17-15-. The van der Waals surface area contributed by atoms with Gasteiger partial charge in [-0.2, -0.15) is 5.26 Å². The molecule has 1 amide bonds. The quantitative estimate of drug-likeness (QED) is 0.326. The molecular formula is C23H18N4O3. The predicted molar refractivity (Wildman–Crippen MR) is 115 cm³/mol. The number of hydrogen-bond donors (Lipinski definition) is 3. The summed E-state index contributed by atoms with van der Waals surface area (Å²) in [4.78, 5) is 25.3. The minimum absolute atomic E-state index is 0.0997. The highest BCUT2D eigenvalue weighted by molar-refractivity contribution is 6.07. The molecule has 0 fully saturated rings. The Morgan fingerprint density at radius 3 is 2.10 bits per heavy atom. The van der Waals surface area contributed by atoms with E-state index in [1.807, 2.05) is 36.4 Å². The van der Waals surface area contributed by atoms with Crippen LogP contribution in [-0.2, 0) is 4.79 Å². The molecule has 0 saturated carbocycles. The molecular weight excluding hydrogens is 380 g/mol. The van der Waals surface area contributed by atoms with Gasteiger partial charge >= 0.3 is 5.97 Å². The molecule has 3 aromatic rings. The lowest BCUT2D eigenvalue weighted by Gasteiger charge is -2.21. The molecule has 0 unspecified atom stereocenters. The van der Waals surface area contributed by atoms with Crippen LogP contribution in [-0.4, -0.2) is 17.0 Å². The van der Waals surface area contributed by atoms with Gasteiger partial charge in [0, 0.05) is 28.9 Å². The number of anilines is 4. The lowest BCUT2D eigenvalue weighted by atomic mass is 10.2. The van der Waals surface area contributed by atoms with Crippen LogP contribution in [0, 0.1) is 11.3 Å². The van der Waals surface area contributed by atoms with E-state index in [-0.39, 0.29) is 11.1 Å². The van der Waals surface area contributed by atoms with Crippen LogP contribution in [0.1, 0.15) is 10.4 Å². The van der Waals surface area contributed by atoms with Crippen molar-refractivity contribution in [3.63, 3.8) is 0 Å². The number of aromatic carboxylic acids is 1. The highest BCUT2D eigenvalue weighted by Gasteiger charge is 2.14. The first-order chi connectivity index (χ1) is 14.5. The van der Waals surface area contributed by atoms with Gasteiger partial charge < -0.3 is 21.1 Å². The number of carboxylic acid groups (broad SMARTS) is 1. The number of hydrogen-bond acceptors (Lipinski definition) is 5. The monoisotopic (exact) mass is 398 g/mol. The largest absolute Gasteiger partial charge is 0.478 e. The van der Waals surface area contributed by atoms with Crippen LogP contribution in [0.3, 0.4) is 0 Å². The Hall–Kier alpha value is -4.57. The number of carbonyl (C=O) groups is 2. The second-order valence-corrected chi connectivity index (χ2v) is 6.29. The Morgan fingerprint density at radius 1 is 0.933 bits per heavy atom. The molecule has 3 aromatic carbocycles. The van der Waals surface area contributed by atoms with Crippen LogP contribution in [0.2, 0.25) is 0 Å². The predicted octanol–water partition coefficient (Wildman–Crippen LogP) is 4.15. The summed E-state index contributed by atoms with van der Waals surface area (Å²) in [6.07, 6.45) is 1.45.